The van der Waals surface area contributed by atoms with Crippen LogP contribution in [-0.4, -0.2) is 38.9 Å². The molecule has 0 aliphatic rings. The lowest BCUT2D eigenvalue weighted by Crippen LogP contribution is -2.08. The lowest BCUT2D eigenvalue weighted by Gasteiger charge is -2.07. The van der Waals surface area contributed by atoms with Gasteiger partial charge in [0, 0.05) is 25.2 Å². The van der Waals surface area contributed by atoms with Crippen LogP contribution in [0.4, 0.5) is 5.82 Å². The molecule has 21 heavy (non-hydrogen) atoms. The molecule has 0 aromatic carbocycles. The first kappa shape index (κ1) is 15.0. The molecule has 2 rings (SSSR count). The fraction of sp³-hybridized carbons (Fsp3) is 0.429. The molecule has 0 saturated heterocycles. The lowest BCUT2D eigenvalue weighted by atomic mass is 10.4. The summed E-state index contributed by atoms with van der Waals surface area (Å²) in [6.45, 7) is 6.86. The van der Waals surface area contributed by atoms with Gasteiger partial charge in [-0.25, -0.2) is 19.4 Å². The SMILES string of the molecule is CCNc1cc(-n2cc(C(=O)OCC)cn2)nc(CC)n1. The van der Waals surface area contributed by atoms with Crippen LogP contribution >= 0.6 is 0 Å². The Morgan fingerprint density at radius 2 is 2.14 bits per heavy atom. The molecule has 0 aliphatic heterocycles. The molecule has 0 radical (unpaired) electrons. The van der Waals surface area contributed by atoms with E-state index in [2.05, 4.69) is 20.4 Å². The van der Waals surface area contributed by atoms with E-state index in [4.69, 9.17) is 4.74 Å². The number of carbonyl (C=O) groups excluding carboxylic acids is 1. The summed E-state index contributed by atoms with van der Waals surface area (Å²) in [5, 5.41) is 7.32. The average Bonchev–Trinajstić information content (AvgIpc) is 2.97. The minimum atomic E-state index is -0.388. The number of aromatic nitrogens is 4. The molecule has 0 aliphatic carbocycles. The molecule has 2 aromatic heterocycles. The molecule has 0 amide bonds. The van der Waals surface area contributed by atoms with Crippen molar-refractivity contribution in [1.82, 2.24) is 19.7 Å². The molecule has 1 N–H and O–H groups in total. The zero-order valence-electron chi connectivity index (χ0n) is 12.5. The highest BCUT2D eigenvalue weighted by atomic mass is 16.5. The highest BCUT2D eigenvalue weighted by Crippen LogP contribution is 2.12. The second kappa shape index (κ2) is 6.83. The second-order valence-corrected chi connectivity index (χ2v) is 4.31. The molecule has 0 fully saturated rings. The number of hydrogen-bond donors (Lipinski definition) is 1. The molecule has 112 valence electrons. The van der Waals surface area contributed by atoms with Gasteiger partial charge in [0.2, 0.25) is 0 Å². The maximum Gasteiger partial charge on any atom is 0.341 e. The quantitative estimate of drug-likeness (QED) is 0.817. The molecule has 0 spiro atoms. The van der Waals surface area contributed by atoms with Gasteiger partial charge < -0.3 is 10.1 Å². The third-order valence-electron chi connectivity index (χ3n) is 2.76. The largest absolute Gasteiger partial charge is 0.462 e. The van der Waals surface area contributed by atoms with E-state index in [1.165, 1.54) is 6.20 Å². The molecule has 7 nitrogen and oxygen atoms in total. The summed E-state index contributed by atoms with van der Waals surface area (Å²) in [6, 6.07) is 1.80. The van der Waals surface area contributed by atoms with Gasteiger partial charge in [0.15, 0.2) is 5.82 Å². The summed E-state index contributed by atoms with van der Waals surface area (Å²) >= 11 is 0. The number of hydrogen-bond acceptors (Lipinski definition) is 6. The molecular formula is C14H19N5O2. The number of nitrogens with one attached hydrogen (secondary N) is 1. The van der Waals surface area contributed by atoms with Crippen molar-refractivity contribution >= 4 is 11.8 Å². The second-order valence-electron chi connectivity index (χ2n) is 4.31. The number of carbonyl (C=O) groups is 1. The molecule has 2 heterocycles. The van der Waals surface area contributed by atoms with Gasteiger partial charge in [-0.15, -0.1) is 0 Å². The minimum absolute atomic E-state index is 0.335. The third-order valence-corrected chi connectivity index (χ3v) is 2.76. The van der Waals surface area contributed by atoms with Gasteiger partial charge in [0.1, 0.15) is 11.6 Å². The van der Waals surface area contributed by atoms with Crippen molar-refractivity contribution in [3.63, 3.8) is 0 Å². The van der Waals surface area contributed by atoms with Gasteiger partial charge in [-0.05, 0) is 13.8 Å². The number of aryl methyl sites for hydroxylation is 1. The Balaban J connectivity index is 2.32. The van der Waals surface area contributed by atoms with E-state index in [9.17, 15) is 4.79 Å². The standard InChI is InChI=1S/C14H19N5O2/c1-4-11-17-12(15-5-2)7-13(18-11)19-9-10(8-16-19)14(20)21-6-3/h7-9H,4-6H2,1-3H3,(H,15,17,18). The Hall–Kier alpha value is -2.44. The summed E-state index contributed by atoms with van der Waals surface area (Å²) < 4.78 is 6.50. The molecule has 0 bridgehead atoms. The normalized spacial score (nSPS) is 10.4. The van der Waals surface area contributed by atoms with E-state index in [1.807, 2.05) is 13.8 Å². The van der Waals surface area contributed by atoms with Gasteiger partial charge in [-0.2, -0.15) is 5.10 Å². The van der Waals surface area contributed by atoms with Crippen molar-refractivity contribution in [3.05, 3.63) is 29.8 Å². The van der Waals surface area contributed by atoms with Gasteiger partial charge in [0.05, 0.1) is 18.4 Å². The number of rotatable bonds is 6. The van der Waals surface area contributed by atoms with Crippen molar-refractivity contribution in [3.8, 4) is 5.82 Å². The monoisotopic (exact) mass is 289 g/mol. The van der Waals surface area contributed by atoms with Gasteiger partial charge in [-0.1, -0.05) is 6.92 Å². The number of esters is 1. The number of anilines is 1. The first-order chi connectivity index (χ1) is 10.2. The molecular weight excluding hydrogens is 270 g/mol. The Morgan fingerprint density at radius 1 is 1.33 bits per heavy atom. The minimum Gasteiger partial charge on any atom is -0.462 e. The summed E-state index contributed by atoms with van der Waals surface area (Å²) in [6.07, 6.45) is 3.80. The topological polar surface area (TPSA) is 81.9 Å². The predicted molar refractivity (Wildman–Crippen MR) is 78.7 cm³/mol. The molecule has 0 unspecified atom stereocenters. The first-order valence-electron chi connectivity index (χ1n) is 7.01. The van der Waals surface area contributed by atoms with Crippen LogP contribution in [0.25, 0.3) is 5.82 Å². The summed E-state index contributed by atoms with van der Waals surface area (Å²) in [4.78, 5) is 20.5. The zero-order valence-corrected chi connectivity index (χ0v) is 12.5. The van der Waals surface area contributed by atoms with Crippen molar-refractivity contribution in [2.75, 3.05) is 18.5 Å². The third kappa shape index (κ3) is 3.56. The first-order valence-corrected chi connectivity index (χ1v) is 7.01. The average molecular weight is 289 g/mol. The van der Waals surface area contributed by atoms with E-state index in [-0.39, 0.29) is 5.97 Å². The fourth-order valence-electron chi connectivity index (χ4n) is 1.80. The van der Waals surface area contributed by atoms with Crippen LogP contribution in [0.5, 0.6) is 0 Å². The summed E-state index contributed by atoms with van der Waals surface area (Å²) in [5.74, 6) is 1.69. The molecule has 0 atom stereocenters. The van der Waals surface area contributed by atoms with Gasteiger partial charge in [0.25, 0.3) is 0 Å². The van der Waals surface area contributed by atoms with Crippen molar-refractivity contribution in [1.29, 1.82) is 0 Å². The van der Waals surface area contributed by atoms with E-state index in [0.29, 0.717) is 18.0 Å². The number of nitrogens with zero attached hydrogens (tertiary/aromatic N) is 4. The van der Waals surface area contributed by atoms with Crippen LogP contribution in [0.2, 0.25) is 0 Å². The summed E-state index contributed by atoms with van der Waals surface area (Å²) in [7, 11) is 0. The van der Waals surface area contributed by atoms with Crippen LogP contribution in [-0.2, 0) is 11.2 Å². The highest BCUT2D eigenvalue weighted by Gasteiger charge is 2.12. The maximum atomic E-state index is 11.7. The Morgan fingerprint density at radius 3 is 2.81 bits per heavy atom. The molecule has 0 saturated carbocycles. The smallest absolute Gasteiger partial charge is 0.341 e. The molecule has 7 heteroatoms. The van der Waals surface area contributed by atoms with Crippen molar-refractivity contribution < 1.29 is 9.53 Å². The fourth-order valence-corrected chi connectivity index (χ4v) is 1.80. The summed E-state index contributed by atoms with van der Waals surface area (Å²) in [5.41, 5.74) is 0.401. The van der Waals surface area contributed by atoms with Crippen LogP contribution in [0.15, 0.2) is 18.5 Å². The lowest BCUT2D eigenvalue weighted by molar-refractivity contribution is 0.0526. The number of ether oxygens (including phenoxy) is 1. The Kier molecular flexibility index (Phi) is 4.86. The van der Waals surface area contributed by atoms with Crippen LogP contribution in [0.1, 0.15) is 37.0 Å². The van der Waals surface area contributed by atoms with Crippen LogP contribution in [0.3, 0.4) is 0 Å². The van der Waals surface area contributed by atoms with E-state index in [0.717, 1.165) is 24.6 Å². The van der Waals surface area contributed by atoms with Crippen molar-refractivity contribution in [2.45, 2.75) is 27.2 Å². The maximum absolute atomic E-state index is 11.7. The van der Waals surface area contributed by atoms with Crippen molar-refractivity contribution in [2.24, 2.45) is 0 Å². The Bertz CT molecular complexity index is 624. The van der Waals surface area contributed by atoms with E-state index >= 15 is 0 Å². The van der Waals surface area contributed by atoms with Crippen LogP contribution < -0.4 is 5.32 Å². The predicted octanol–water partition coefficient (Wildman–Crippen LogP) is 1.83. The zero-order chi connectivity index (χ0) is 15.2. The van der Waals surface area contributed by atoms with E-state index < -0.39 is 0 Å². The highest BCUT2D eigenvalue weighted by molar-refractivity contribution is 5.88. The molecule has 2 aromatic rings. The van der Waals surface area contributed by atoms with Crippen LogP contribution in [0, 0.1) is 0 Å². The van der Waals surface area contributed by atoms with E-state index in [1.54, 1.807) is 23.9 Å². The Labute approximate surface area is 123 Å². The van der Waals surface area contributed by atoms with Gasteiger partial charge >= 0.3 is 5.97 Å². The van der Waals surface area contributed by atoms with Gasteiger partial charge in [-0.3, -0.25) is 0 Å².